The van der Waals surface area contributed by atoms with E-state index in [4.69, 9.17) is 0 Å². The van der Waals surface area contributed by atoms with Gasteiger partial charge in [-0.05, 0) is 56.5 Å². The van der Waals surface area contributed by atoms with E-state index in [1.807, 2.05) is 7.05 Å². The summed E-state index contributed by atoms with van der Waals surface area (Å²) in [5.41, 5.74) is 4.39. The Morgan fingerprint density at radius 1 is 1.25 bits per heavy atom. The highest BCUT2D eigenvalue weighted by molar-refractivity contribution is 9.10. The van der Waals surface area contributed by atoms with E-state index in [1.165, 1.54) is 21.2 Å². The number of halogens is 1. The predicted octanol–water partition coefficient (Wildman–Crippen LogP) is 3.78. The highest BCUT2D eigenvalue weighted by Crippen LogP contribution is 2.33. The van der Waals surface area contributed by atoms with Crippen LogP contribution in [0, 0.1) is 0 Å². The SMILES string of the molecule is CNC(C)(C)C1=Cc2cccc(Br)c2CC1. The molecule has 0 heterocycles. The van der Waals surface area contributed by atoms with Crippen molar-refractivity contribution in [3.05, 3.63) is 39.4 Å². The third-order valence-corrected chi connectivity index (χ3v) is 4.30. The van der Waals surface area contributed by atoms with Gasteiger partial charge in [0.15, 0.2) is 0 Å². The molecule has 1 aliphatic carbocycles. The number of hydrogen-bond donors (Lipinski definition) is 1. The van der Waals surface area contributed by atoms with E-state index in [0.717, 1.165) is 12.8 Å². The van der Waals surface area contributed by atoms with Gasteiger partial charge in [-0.1, -0.05) is 34.1 Å². The summed E-state index contributed by atoms with van der Waals surface area (Å²) in [4.78, 5) is 0. The molecule has 1 aromatic rings. The van der Waals surface area contributed by atoms with Gasteiger partial charge in [-0.3, -0.25) is 0 Å². The zero-order valence-electron chi connectivity index (χ0n) is 10.1. The average Bonchev–Trinajstić information content (AvgIpc) is 2.29. The van der Waals surface area contributed by atoms with Gasteiger partial charge in [-0.15, -0.1) is 0 Å². The Labute approximate surface area is 106 Å². The summed E-state index contributed by atoms with van der Waals surface area (Å²) >= 11 is 3.62. The smallest absolute Gasteiger partial charge is 0.0337 e. The Kier molecular flexibility index (Phi) is 3.22. The van der Waals surface area contributed by atoms with Crippen molar-refractivity contribution < 1.29 is 0 Å². The molecule has 2 rings (SSSR count). The third kappa shape index (κ3) is 2.09. The lowest BCUT2D eigenvalue weighted by Crippen LogP contribution is -2.38. The first kappa shape index (κ1) is 11.9. The van der Waals surface area contributed by atoms with Crippen molar-refractivity contribution in [1.82, 2.24) is 5.32 Å². The number of benzene rings is 1. The lowest BCUT2D eigenvalue weighted by molar-refractivity contribution is 0.481. The summed E-state index contributed by atoms with van der Waals surface area (Å²) in [7, 11) is 2.03. The summed E-state index contributed by atoms with van der Waals surface area (Å²) in [6.45, 7) is 4.48. The van der Waals surface area contributed by atoms with Gasteiger partial charge in [-0.2, -0.15) is 0 Å². The number of likely N-dealkylation sites (N-methyl/N-ethyl adjacent to an activating group) is 1. The number of nitrogens with one attached hydrogen (secondary N) is 1. The van der Waals surface area contributed by atoms with Crippen LogP contribution < -0.4 is 5.32 Å². The second-order valence-corrected chi connectivity index (χ2v) is 5.71. The fraction of sp³-hybridized carbons (Fsp3) is 0.429. The lowest BCUT2D eigenvalue weighted by Gasteiger charge is -2.31. The molecule has 0 saturated heterocycles. The first-order chi connectivity index (χ1) is 7.54. The molecule has 1 aliphatic rings. The molecule has 1 nitrogen and oxygen atoms in total. The van der Waals surface area contributed by atoms with Gasteiger partial charge >= 0.3 is 0 Å². The minimum atomic E-state index is 0.0972. The van der Waals surface area contributed by atoms with Crippen LogP contribution in [0.5, 0.6) is 0 Å². The molecule has 0 fully saturated rings. The van der Waals surface area contributed by atoms with Gasteiger partial charge in [-0.25, -0.2) is 0 Å². The Hall–Kier alpha value is -0.600. The molecule has 1 N–H and O–H groups in total. The molecule has 0 bridgehead atoms. The Bertz CT molecular complexity index is 432. The van der Waals surface area contributed by atoms with Crippen molar-refractivity contribution in [1.29, 1.82) is 0 Å². The summed E-state index contributed by atoms with van der Waals surface area (Å²) < 4.78 is 1.24. The minimum Gasteiger partial charge on any atom is -0.311 e. The second-order valence-electron chi connectivity index (χ2n) is 4.85. The largest absolute Gasteiger partial charge is 0.311 e. The lowest BCUT2D eigenvalue weighted by atomic mass is 9.83. The first-order valence-corrected chi connectivity index (χ1v) is 6.51. The van der Waals surface area contributed by atoms with E-state index < -0.39 is 0 Å². The molecule has 0 aromatic heterocycles. The molecular weight excluding hydrogens is 262 g/mol. The van der Waals surface area contributed by atoms with Crippen LogP contribution in [0.1, 0.15) is 31.4 Å². The normalized spacial score (nSPS) is 15.6. The molecule has 0 spiro atoms. The molecule has 0 unspecified atom stereocenters. The Balaban J connectivity index is 2.43. The monoisotopic (exact) mass is 279 g/mol. The molecule has 0 aliphatic heterocycles. The van der Waals surface area contributed by atoms with Crippen LogP contribution in [0.4, 0.5) is 0 Å². The van der Waals surface area contributed by atoms with E-state index >= 15 is 0 Å². The van der Waals surface area contributed by atoms with Crippen molar-refractivity contribution in [2.75, 3.05) is 7.05 Å². The predicted molar refractivity (Wildman–Crippen MR) is 73.6 cm³/mol. The van der Waals surface area contributed by atoms with Gasteiger partial charge in [0, 0.05) is 10.0 Å². The molecule has 0 radical (unpaired) electrons. The molecule has 0 saturated carbocycles. The van der Waals surface area contributed by atoms with Crippen molar-refractivity contribution in [2.24, 2.45) is 0 Å². The fourth-order valence-corrected chi connectivity index (χ4v) is 2.73. The minimum absolute atomic E-state index is 0.0972. The standard InChI is InChI=1S/C14H18BrN/c1-14(2,16-3)11-7-8-12-10(9-11)5-4-6-13(12)15/h4-6,9,16H,7-8H2,1-3H3. The van der Waals surface area contributed by atoms with E-state index in [0.29, 0.717) is 0 Å². The zero-order chi connectivity index (χ0) is 11.8. The van der Waals surface area contributed by atoms with Crippen molar-refractivity contribution in [2.45, 2.75) is 32.2 Å². The van der Waals surface area contributed by atoms with Crippen LogP contribution >= 0.6 is 15.9 Å². The van der Waals surface area contributed by atoms with Crippen molar-refractivity contribution in [3.8, 4) is 0 Å². The zero-order valence-corrected chi connectivity index (χ0v) is 11.7. The maximum atomic E-state index is 3.62. The van der Waals surface area contributed by atoms with E-state index in [9.17, 15) is 0 Å². The van der Waals surface area contributed by atoms with Gasteiger partial charge in [0.25, 0.3) is 0 Å². The first-order valence-electron chi connectivity index (χ1n) is 5.72. The maximum Gasteiger partial charge on any atom is 0.0337 e. The van der Waals surface area contributed by atoms with E-state index in [-0.39, 0.29) is 5.54 Å². The van der Waals surface area contributed by atoms with Gasteiger partial charge in [0.1, 0.15) is 0 Å². The summed E-state index contributed by atoms with van der Waals surface area (Å²) in [6.07, 6.45) is 4.61. The maximum absolute atomic E-state index is 3.62. The molecular formula is C14H18BrN. The van der Waals surface area contributed by atoms with Crippen molar-refractivity contribution >= 4 is 22.0 Å². The van der Waals surface area contributed by atoms with Crippen molar-refractivity contribution in [3.63, 3.8) is 0 Å². The Morgan fingerprint density at radius 3 is 2.69 bits per heavy atom. The van der Waals surface area contributed by atoms with Gasteiger partial charge in [0.2, 0.25) is 0 Å². The molecule has 1 aromatic carbocycles. The van der Waals surface area contributed by atoms with Crippen LogP contribution in [0.15, 0.2) is 28.2 Å². The summed E-state index contributed by atoms with van der Waals surface area (Å²) in [6, 6.07) is 6.43. The molecule has 2 heteroatoms. The van der Waals surface area contributed by atoms with Gasteiger partial charge in [0.05, 0.1) is 0 Å². The van der Waals surface area contributed by atoms with Crippen LogP contribution in [0.2, 0.25) is 0 Å². The third-order valence-electron chi connectivity index (χ3n) is 3.56. The highest BCUT2D eigenvalue weighted by atomic mass is 79.9. The van der Waals surface area contributed by atoms with Crippen LogP contribution in [0.3, 0.4) is 0 Å². The topological polar surface area (TPSA) is 12.0 Å². The average molecular weight is 280 g/mol. The second kappa shape index (κ2) is 4.34. The highest BCUT2D eigenvalue weighted by Gasteiger charge is 2.24. The molecule has 86 valence electrons. The number of fused-ring (bicyclic) bond motifs is 1. The summed E-state index contributed by atoms with van der Waals surface area (Å²) in [5.74, 6) is 0. The fourth-order valence-electron chi connectivity index (χ4n) is 2.15. The van der Waals surface area contributed by atoms with Crippen LogP contribution in [0.25, 0.3) is 6.08 Å². The molecule has 0 atom stereocenters. The van der Waals surface area contributed by atoms with E-state index in [1.54, 1.807) is 0 Å². The quantitative estimate of drug-likeness (QED) is 0.869. The van der Waals surface area contributed by atoms with Crippen LogP contribution in [-0.4, -0.2) is 12.6 Å². The Morgan fingerprint density at radius 2 is 2.00 bits per heavy atom. The number of rotatable bonds is 2. The van der Waals surface area contributed by atoms with Gasteiger partial charge < -0.3 is 5.32 Å². The van der Waals surface area contributed by atoms with E-state index in [2.05, 4.69) is 59.4 Å². The summed E-state index contributed by atoms with van der Waals surface area (Å²) in [5, 5.41) is 3.38. The van der Waals surface area contributed by atoms with Crippen LogP contribution in [-0.2, 0) is 6.42 Å². The number of hydrogen-bond acceptors (Lipinski definition) is 1. The molecule has 16 heavy (non-hydrogen) atoms. The molecule has 0 amide bonds.